The molecule has 2 aromatic carbocycles. The number of aryl methyl sites for hydroxylation is 1. The van der Waals surface area contributed by atoms with Gasteiger partial charge in [-0.05, 0) is 49.1 Å². The minimum atomic E-state index is -0.0707. The van der Waals surface area contributed by atoms with Crippen LogP contribution >= 0.6 is 0 Å². The van der Waals surface area contributed by atoms with Gasteiger partial charge in [0.1, 0.15) is 0 Å². The summed E-state index contributed by atoms with van der Waals surface area (Å²) in [7, 11) is 1.61. The van der Waals surface area contributed by atoms with Crippen LogP contribution in [0.15, 0.2) is 72.9 Å². The molecule has 0 bridgehead atoms. The Balaban J connectivity index is 1.75. The summed E-state index contributed by atoms with van der Waals surface area (Å²) >= 11 is 0. The first-order valence-electron chi connectivity index (χ1n) is 12.7. The molecule has 0 aliphatic rings. The zero-order valence-electron chi connectivity index (χ0n) is 22.0. The summed E-state index contributed by atoms with van der Waals surface area (Å²) < 4.78 is 7.43. The molecular formula is C30H39N3O3. The Morgan fingerprint density at radius 1 is 0.972 bits per heavy atom. The minimum absolute atomic E-state index is 0.0396. The summed E-state index contributed by atoms with van der Waals surface area (Å²) in [6, 6.07) is 22.2. The van der Waals surface area contributed by atoms with E-state index in [1.54, 1.807) is 12.0 Å². The maximum atomic E-state index is 13.6. The van der Waals surface area contributed by atoms with Crippen LogP contribution in [0.3, 0.4) is 0 Å². The molecule has 192 valence electrons. The highest BCUT2D eigenvalue weighted by atomic mass is 16.5. The summed E-state index contributed by atoms with van der Waals surface area (Å²) in [6.07, 6.45) is 3.16. The number of carbonyl (C=O) groups is 2. The number of nitrogens with zero attached hydrogens (tertiary/aromatic N) is 3. The summed E-state index contributed by atoms with van der Waals surface area (Å²) in [5.41, 5.74) is 4.52. The fourth-order valence-corrected chi connectivity index (χ4v) is 4.23. The number of amides is 2. The highest BCUT2D eigenvalue weighted by Gasteiger charge is 2.25. The maximum Gasteiger partial charge on any atom is 0.242 e. The third-order valence-corrected chi connectivity index (χ3v) is 6.74. The third-order valence-electron chi connectivity index (χ3n) is 6.74. The Morgan fingerprint density at radius 2 is 1.69 bits per heavy atom. The monoisotopic (exact) mass is 489 g/mol. The van der Waals surface area contributed by atoms with Crippen LogP contribution in [-0.4, -0.2) is 59.0 Å². The Kier molecular flexibility index (Phi) is 10.3. The van der Waals surface area contributed by atoms with Crippen molar-refractivity contribution in [1.82, 2.24) is 14.4 Å². The number of hydrogen-bond donors (Lipinski definition) is 0. The van der Waals surface area contributed by atoms with Crippen LogP contribution in [0.1, 0.15) is 42.7 Å². The molecule has 0 spiro atoms. The number of rotatable bonds is 13. The average Bonchev–Trinajstić information content (AvgIpc) is 3.32. The van der Waals surface area contributed by atoms with Crippen LogP contribution in [0, 0.1) is 6.92 Å². The van der Waals surface area contributed by atoms with Crippen molar-refractivity contribution in [2.75, 3.05) is 26.8 Å². The van der Waals surface area contributed by atoms with Crippen molar-refractivity contribution >= 4 is 11.8 Å². The van der Waals surface area contributed by atoms with Crippen molar-refractivity contribution in [3.63, 3.8) is 0 Å². The van der Waals surface area contributed by atoms with Crippen LogP contribution < -0.4 is 0 Å². The molecule has 1 aromatic heterocycles. The zero-order valence-corrected chi connectivity index (χ0v) is 22.0. The second kappa shape index (κ2) is 13.6. The van der Waals surface area contributed by atoms with Crippen molar-refractivity contribution < 1.29 is 14.3 Å². The molecule has 0 saturated heterocycles. The molecule has 0 saturated carbocycles. The summed E-state index contributed by atoms with van der Waals surface area (Å²) in [5.74, 6) is -0.121. The number of benzene rings is 2. The molecule has 1 unspecified atom stereocenters. The van der Waals surface area contributed by atoms with Crippen molar-refractivity contribution in [3.8, 4) is 0 Å². The Hall–Kier alpha value is -3.38. The first kappa shape index (κ1) is 27.2. The van der Waals surface area contributed by atoms with Crippen molar-refractivity contribution in [2.24, 2.45) is 0 Å². The lowest BCUT2D eigenvalue weighted by Crippen LogP contribution is -2.47. The Labute approximate surface area is 215 Å². The Morgan fingerprint density at radius 3 is 2.39 bits per heavy atom. The highest BCUT2D eigenvalue weighted by molar-refractivity contribution is 5.86. The molecule has 0 fully saturated rings. The first-order valence-corrected chi connectivity index (χ1v) is 12.7. The number of aromatic nitrogens is 1. The lowest BCUT2D eigenvalue weighted by molar-refractivity contribution is -0.142. The fraction of sp³-hybridized carbons (Fsp3) is 0.400. The largest absolute Gasteiger partial charge is 0.383 e. The molecule has 1 heterocycles. The smallest absolute Gasteiger partial charge is 0.242 e. The molecular weight excluding hydrogens is 450 g/mol. The van der Waals surface area contributed by atoms with Gasteiger partial charge < -0.3 is 19.1 Å². The van der Waals surface area contributed by atoms with Crippen molar-refractivity contribution in [2.45, 2.75) is 52.7 Å². The number of hydrogen-bond acceptors (Lipinski definition) is 3. The molecule has 2 amide bonds. The quantitative estimate of drug-likeness (QED) is 0.350. The second-order valence-corrected chi connectivity index (χ2v) is 9.30. The molecule has 36 heavy (non-hydrogen) atoms. The van der Waals surface area contributed by atoms with E-state index in [4.69, 9.17) is 4.74 Å². The molecule has 6 heteroatoms. The summed E-state index contributed by atoms with van der Waals surface area (Å²) in [6.45, 7) is 8.33. The van der Waals surface area contributed by atoms with E-state index in [0.717, 1.165) is 24.2 Å². The van der Waals surface area contributed by atoms with Crippen LogP contribution in [0.2, 0.25) is 0 Å². The van der Waals surface area contributed by atoms with Gasteiger partial charge in [-0.2, -0.15) is 0 Å². The molecule has 1 atom stereocenters. The van der Waals surface area contributed by atoms with Gasteiger partial charge in [0.25, 0.3) is 0 Å². The zero-order chi connectivity index (χ0) is 25.9. The SMILES string of the molecule is CCC(C)N(Cc1cccn1Cc1ccccc1C)C(=O)CN(CCOC)C(=O)Cc1ccccc1. The molecule has 6 nitrogen and oxygen atoms in total. The van der Waals surface area contributed by atoms with E-state index in [2.05, 4.69) is 55.8 Å². The number of ether oxygens (including phenoxy) is 1. The van der Waals surface area contributed by atoms with Gasteiger partial charge in [-0.25, -0.2) is 0 Å². The number of carbonyl (C=O) groups excluding carboxylic acids is 2. The van der Waals surface area contributed by atoms with E-state index >= 15 is 0 Å². The van der Waals surface area contributed by atoms with Crippen molar-refractivity contribution in [1.29, 1.82) is 0 Å². The lowest BCUT2D eigenvalue weighted by atomic mass is 10.1. The molecule has 0 aliphatic heterocycles. The van der Waals surface area contributed by atoms with E-state index in [-0.39, 0.29) is 30.8 Å². The third kappa shape index (κ3) is 7.56. The fourth-order valence-electron chi connectivity index (χ4n) is 4.23. The molecule has 0 N–H and O–H groups in total. The van der Waals surface area contributed by atoms with Crippen molar-refractivity contribution in [3.05, 3.63) is 95.3 Å². The van der Waals surface area contributed by atoms with Gasteiger partial charge in [-0.1, -0.05) is 61.5 Å². The highest BCUT2D eigenvalue weighted by Crippen LogP contribution is 2.16. The van der Waals surface area contributed by atoms with E-state index in [1.165, 1.54) is 11.1 Å². The van der Waals surface area contributed by atoms with E-state index < -0.39 is 0 Å². The molecule has 0 radical (unpaired) electrons. The topological polar surface area (TPSA) is 54.8 Å². The van der Waals surface area contributed by atoms with Crippen LogP contribution in [0.25, 0.3) is 0 Å². The van der Waals surface area contributed by atoms with Gasteiger partial charge >= 0.3 is 0 Å². The van der Waals surface area contributed by atoms with Gasteiger partial charge in [-0.3, -0.25) is 9.59 Å². The number of methoxy groups -OCH3 is 1. The normalized spacial score (nSPS) is 11.8. The predicted molar refractivity (Wildman–Crippen MR) is 144 cm³/mol. The van der Waals surface area contributed by atoms with Gasteiger partial charge in [0.15, 0.2) is 0 Å². The van der Waals surface area contributed by atoms with Crippen LogP contribution in [0.5, 0.6) is 0 Å². The molecule has 0 aliphatic carbocycles. The predicted octanol–water partition coefficient (Wildman–Crippen LogP) is 4.69. The van der Waals surface area contributed by atoms with E-state index in [1.807, 2.05) is 47.4 Å². The first-order chi connectivity index (χ1) is 17.4. The molecule has 3 aromatic rings. The van der Waals surface area contributed by atoms with Gasteiger partial charge in [0.05, 0.1) is 26.1 Å². The van der Waals surface area contributed by atoms with E-state index in [0.29, 0.717) is 19.7 Å². The van der Waals surface area contributed by atoms with Gasteiger partial charge in [0.2, 0.25) is 11.8 Å². The Bertz CT molecular complexity index is 1110. The summed E-state index contributed by atoms with van der Waals surface area (Å²) in [4.78, 5) is 30.3. The second-order valence-electron chi connectivity index (χ2n) is 9.30. The van der Waals surface area contributed by atoms with Crippen LogP contribution in [0.4, 0.5) is 0 Å². The van der Waals surface area contributed by atoms with E-state index in [9.17, 15) is 9.59 Å². The van der Waals surface area contributed by atoms with Gasteiger partial charge in [0, 0.05) is 38.1 Å². The molecule has 3 rings (SSSR count). The lowest BCUT2D eigenvalue weighted by Gasteiger charge is -2.32. The minimum Gasteiger partial charge on any atom is -0.383 e. The van der Waals surface area contributed by atoms with Crippen LogP contribution in [-0.2, 0) is 33.8 Å². The maximum absolute atomic E-state index is 13.6. The van der Waals surface area contributed by atoms with Gasteiger partial charge in [-0.15, -0.1) is 0 Å². The summed E-state index contributed by atoms with van der Waals surface area (Å²) in [5, 5.41) is 0. The standard InChI is InChI=1S/C30H39N3O3/c1-5-25(3)33(22-28-16-11-17-31(28)21-27-15-10-9-12-24(27)2)30(35)23-32(18-19-36-4)29(34)20-26-13-7-6-8-14-26/h6-17,25H,5,18-23H2,1-4H3. The average molecular weight is 490 g/mol.